The van der Waals surface area contributed by atoms with Crippen molar-refractivity contribution in [2.24, 2.45) is 0 Å². The third-order valence-corrected chi connectivity index (χ3v) is 3.29. The number of furan rings is 1. The number of hydrogen-bond donors (Lipinski definition) is 2. The Hall–Kier alpha value is -3.40. The summed E-state index contributed by atoms with van der Waals surface area (Å²) in [5.41, 5.74) is -0.626. The molecular formula is C15H12ClN3O7. The molecule has 26 heavy (non-hydrogen) atoms. The van der Waals surface area contributed by atoms with Crippen molar-refractivity contribution in [3.63, 3.8) is 0 Å². The Morgan fingerprint density at radius 3 is 2.69 bits per heavy atom. The van der Waals surface area contributed by atoms with Crippen LogP contribution in [0.15, 0.2) is 41.0 Å². The highest BCUT2D eigenvalue weighted by atomic mass is 35.5. The molecule has 0 radical (unpaired) electrons. The molecule has 2 rings (SSSR count). The second-order valence-corrected chi connectivity index (χ2v) is 5.22. The molecule has 3 amide bonds. The standard InChI is InChI=1S/C15H12ClN3O7/c16-11-4-3-9(6-12(11)19(23)24)14(21)26-8-13(20)18-15(22)17-7-10-2-1-5-25-10/h1-6H,7-8H2,(H2,17,18,20,22). The fraction of sp³-hybridized carbons (Fsp3) is 0.133. The monoisotopic (exact) mass is 381 g/mol. The first kappa shape index (κ1) is 18.9. The number of nitro groups is 1. The Morgan fingerprint density at radius 2 is 2.04 bits per heavy atom. The molecule has 0 aliphatic rings. The molecule has 136 valence electrons. The van der Waals surface area contributed by atoms with E-state index >= 15 is 0 Å². The van der Waals surface area contributed by atoms with Gasteiger partial charge in [0.25, 0.3) is 11.6 Å². The molecule has 0 aliphatic carbocycles. The van der Waals surface area contributed by atoms with Crippen LogP contribution in [0.5, 0.6) is 0 Å². The van der Waals surface area contributed by atoms with Gasteiger partial charge in [-0.05, 0) is 24.3 Å². The Morgan fingerprint density at radius 1 is 1.27 bits per heavy atom. The molecular weight excluding hydrogens is 370 g/mol. The second kappa shape index (κ2) is 8.62. The van der Waals surface area contributed by atoms with Crippen molar-refractivity contribution in [2.75, 3.05) is 6.61 Å². The molecule has 0 aliphatic heterocycles. The van der Waals surface area contributed by atoms with Crippen LogP contribution in [0.3, 0.4) is 0 Å². The Balaban J connectivity index is 1.81. The lowest BCUT2D eigenvalue weighted by Crippen LogP contribution is -2.41. The number of nitrogens with one attached hydrogen (secondary N) is 2. The van der Waals surface area contributed by atoms with Gasteiger partial charge in [0.05, 0.1) is 23.3 Å². The maximum absolute atomic E-state index is 11.8. The average Bonchev–Trinajstić information content (AvgIpc) is 3.11. The van der Waals surface area contributed by atoms with Crippen molar-refractivity contribution in [3.05, 3.63) is 63.1 Å². The van der Waals surface area contributed by atoms with Crippen LogP contribution in [-0.4, -0.2) is 29.4 Å². The van der Waals surface area contributed by atoms with Crippen LogP contribution in [0.1, 0.15) is 16.1 Å². The van der Waals surface area contributed by atoms with E-state index in [-0.39, 0.29) is 17.1 Å². The van der Waals surface area contributed by atoms with E-state index in [2.05, 4.69) is 5.32 Å². The number of ether oxygens (including phenoxy) is 1. The molecule has 0 saturated heterocycles. The van der Waals surface area contributed by atoms with Crippen LogP contribution in [0, 0.1) is 10.1 Å². The zero-order chi connectivity index (χ0) is 19.1. The fourth-order valence-electron chi connectivity index (χ4n) is 1.78. The average molecular weight is 382 g/mol. The SMILES string of the molecule is O=C(COC(=O)c1ccc(Cl)c([N+](=O)[O-])c1)NC(=O)NCc1ccco1. The molecule has 0 saturated carbocycles. The van der Waals surface area contributed by atoms with Gasteiger partial charge in [-0.25, -0.2) is 9.59 Å². The highest BCUT2D eigenvalue weighted by molar-refractivity contribution is 6.32. The summed E-state index contributed by atoms with van der Waals surface area (Å²) in [6.45, 7) is -0.677. The zero-order valence-corrected chi connectivity index (χ0v) is 13.8. The third-order valence-electron chi connectivity index (χ3n) is 2.97. The topological polar surface area (TPSA) is 141 Å². The number of benzene rings is 1. The minimum Gasteiger partial charge on any atom is -0.467 e. The summed E-state index contributed by atoms with van der Waals surface area (Å²) in [5.74, 6) is -1.36. The van der Waals surface area contributed by atoms with Gasteiger partial charge in [0.2, 0.25) is 0 Å². The van der Waals surface area contributed by atoms with E-state index in [9.17, 15) is 24.5 Å². The van der Waals surface area contributed by atoms with E-state index < -0.39 is 35.1 Å². The van der Waals surface area contributed by atoms with Gasteiger partial charge in [-0.15, -0.1) is 0 Å². The highest BCUT2D eigenvalue weighted by Gasteiger charge is 2.18. The van der Waals surface area contributed by atoms with Gasteiger partial charge in [-0.1, -0.05) is 11.6 Å². The van der Waals surface area contributed by atoms with Gasteiger partial charge in [-0.2, -0.15) is 0 Å². The first-order valence-corrected chi connectivity index (χ1v) is 7.45. The van der Waals surface area contributed by atoms with E-state index in [1.165, 1.54) is 18.4 Å². The van der Waals surface area contributed by atoms with Gasteiger partial charge in [0.1, 0.15) is 10.8 Å². The minimum atomic E-state index is -0.976. The summed E-state index contributed by atoms with van der Waals surface area (Å²) in [4.78, 5) is 44.9. The molecule has 0 fully saturated rings. The van der Waals surface area contributed by atoms with Crippen LogP contribution in [0.25, 0.3) is 0 Å². The van der Waals surface area contributed by atoms with Crippen LogP contribution in [-0.2, 0) is 16.1 Å². The van der Waals surface area contributed by atoms with Gasteiger partial charge in [-0.3, -0.25) is 20.2 Å². The number of amides is 3. The van der Waals surface area contributed by atoms with Crippen LogP contribution in [0.4, 0.5) is 10.5 Å². The smallest absolute Gasteiger partial charge is 0.338 e. The number of urea groups is 1. The molecule has 1 aromatic heterocycles. The number of nitrogens with zero attached hydrogens (tertiary/aromatic N) is 1. The number of imide groups is 1. The first-order valence-electron chi connectivity index (χ1n) is 7.08. The maximum Gasteiger partial charge on any atom is 0.338 e. The molecule has 0 spiro atoms. The highest BCUT2D eigenvalue weighted by Crippen LogP contribution is 2.25. The lowest BCUT2D eigenvalue weighted by atomic mass is 10.2. The van der Waals surface area contributed by atoms with Crippen molar-refractivity contribution >= 4 is 35.2 Å². The Labute approximate surface area is 151 Å². The van der Waals surface area contributed by atoms with Crippen molar-refractivity contribution in [1.29, 1.82) is 0 Å². The van der Waals surface area contributed by atoms with E-state index in [1.807, 2.05) is 5.32 Å². The quantitative estimate of drug-likeness (QED) is 0.443. The number of rotatable bonds is 6. The fourth-order valence-corrected chi connectivity index (χ4v) is 1.97. The molecule has 0 bridgehead atoms. The van der Waals surface area contributed by atoms with Gasteiger partial charge < -0.3 is 14.5 Å². The maximum atomic E-state index is 11.8. The summed E-state index contributed by atoms with van der Waals surface area (Å²) in [5, 5.41) is 15.0. The molecule has 11 heteroatoms. The molecule has 0 unspecified atom stereocenters. The number of carbonyl (C=O) groups is 3. The predicted molar refractivity (Wildman–Crippen MR) is 87.5 cm³/mol. The molecule has 0 atom stereocenters. The van der Waals surface area contributed by atoms with E-state index in [0.29, 0.717) is 5.76 Å². The number of halogens is 1. The van der Waals surface area contributed by atoms with Gasteiger partial charge in [0.15, 0.2) is 6.61 Å². The van der Waals surface area contributed by atoms with Crippen LogP contribution in [0.2, 0.25) is 5.02 Å². The van der Waals surface area contributed by atoms with E-state index in [0.717, 1.165) is 6.07 Å². The zero-order valence-electron chi connectivity index (χ0n) is 13.1. The van der Waals surface area contributed by atoms with Crippen molar-refractivity contribution < 1.29 is 28.5 Å². The number of nitro benzene ring substituents is 1. The molecule has 1 aromatic carbocycles. The Kier molecular flexibility index (Phi) is 6.28. The molecule has 2 aromatic rings. The van der Waals surface area contributed by atoms with Gasteiger partial charge in [0, 0.05) is 6.07 Å². The summed E-state index contributed by atoms with van der Waals surface area (Å²) >= 11 is 5.64. The summed E-state index contributed by atoms with van der Waals surface area (Å²) in [6.07, 6.45) is 1.43. The second-order valence-electron chi connectivity index (χ2n) is 4.81. The van der Waals surface area contributed by atoms with E-state index in [4.69, 9.17) is 20.8 Å². The lowest BCUT2D eigenvalue weighted by Gasteiger charge is -2.07. The Bertz CT molecular complexity index is 836. The van der Waals surface area contributed by atoms with Crippen LogP contribution >= 0.6 is 11.6 Å². The van der Waals surface area contributed by atoms with Gasteiger partial charge >= 0.3 is 12.0 Å². The molecule has 10 nitrogen and oxygen atoms in total. The number of carbonyl (C=O) groups excluding carboxylic acids is 3. The summed E-state index contributed by atoms with van der Waals surface area (Å²) < 4.78 is 9.70. The number of esters is 1. The minimum absolute atomic E-state index is 0.0698. The summed E-state index contributed by atoms with van der Waals surface area (Å²) in [6, 6.07) is 5.78. The molecule has 2 N–H and O–H groups in total. The van der Waals surface area contributed by atoms with Crippen molar-refractivity contribution in [3.8, 4) is 0 Å². The van der Waals surface area contributed by atoms with Crippen molar-refractivity contribution in [1.82, 2.24) is 10.6 Å². The molecule has 1 heterocycles. The number of hydrogen-bond acceptors (Lipinski definition) is 7. The van der Waals surface area contributed by atoms with Crippen molar-refractivity contribution in [2.45, 2.75) is 6.54 Å². The lowest BCUT2D eigenvalue weighted by molar-refractivity contribution is -0.384. The predicted octanol–water partition coefficient (Wildman–Crippen LogP) is 2.02. The van der Waals surface area contributed by atoms with E-state index in [1.54, 1.807) is 12.1 Å². The van der Waals surface area contributed by atoms with Crippen LogP contribution < -0.4 is 10.6 Å². The normalized spacial score (nSPS) is 10.0. The first-order chi connectivity index (χ1) is 12.4. The third kappa shape index (κ3) is 5.31. The summed E-state index contributed by atoms with van der Waals surface area (Å²) in [7, 11) is 0. The largest absolute Gasteiger partial charge is 0.467 e.